The predicted molar refractivity (Wildman–Crippen MR) is 76.4 cm³/mol. The summed E-state index contributed by atoms with van der Waals surface area (Å²) in [5, 5.41) is 7.31. The van der Waals surface area contributed by atoms with Gasteiger partial charge in [-0.2, -0.15) is 0 Å². The minimum absolute atomic E-state index is 0.0989. The normalized spacial score (nSPS) is 16.6. The van der Waals surface area contributed by atoms with Gasteiger partial charge in [-0.15, -0.1) is 0 Å². The Morgan fingerprint density at radius 2 is 2.00 bits per heavy atom. The van der Waals surface area contributed by atoms with Crippen LogP contribution in [0.1, 0.15) is 18.9 Å². The Morgan fingerprint density at radius 1 is 1.32 bits per heavy atom. The molecular weight excluding hydrogens is 243 g/mol. The highest BCUT2D eigenvalue weighted by Gasteiger charge is 2.19. The maximum Gasteiger partial charge on any atom is 0.147 e. The summed E-state index contributed by atoms with van der Waals surface area (Å²) in [5.41, 5.74) is 6.41. The Hall–Kier alpha value is -1.62. The van der Waals surface area contributed by atoms with Crippen LogP contribution < -0.4 is 10.6 Å². The van der Waals surface area contributed by atoms with Crippen LogP contribution in [0.4, 0.5) is 10.1 Å². The largest absolute Gasteiger partial charge is 0.384 e. The lowest BCUT2D eigenvalue weighted by Gasteiger charge is -2.36. The maximum atomic E-state index is 14.0. The van der Waals surface area contributed by atoms with Crippen LogP contribution in [0.3, 0.4) is 0 Å². The number of hydrogen-bond acceptors (Lipinski definition) is 3. The number of nitrogens with one attached hydrogen (secondary N) is 1. The Morgan fingerprint density at radius 3 is 2.53 bits per heavy atom. The summed E-state index contributed by atoms with van der Waals surface area (Å²) in [4.78, 5) is 4.46. The second kappa shape index (κ2) is 6.02. The SMILES string of the molecule is CCCN1CCN(c2ccc(C(=N)N)cc2F)CC1. The summed E-state index contributed by atoms with van der Waals surface area (Å²) < 4.78 is 14.0. The van der Waals surface area contributed by atoms with E-state index >= 15 is 0 Å². The molecule has 1 fully saturated rings. The van der Waals surface area contributed by atoms with Crippen molar-refractivity contribution in [3.8, 4) is 0 Å². The summed E-state index contributed by atoms with van der Waals surface area (Å²) >= 11 is 0. The lowest BCUT2D eigenvalue weighted by Crippen LogP contribution is -2.46. The number of amidine groups is 1. The third-order valence-electron chi connectivity index (χ3n) is 3.51. The first kappa shape index (κ1) is 13.8. The van der Waals surface area contributed by atoms with Crippen LogP contribution in [0.25, 0.3) is 0 Å². The van der Waals surface area contributed by atoms with Crippen LogP contribution in [0.5, 0.6) is 0 Å². The predicted octanol–water partition coefficient (Wildman–Crippen LogP) is 1.64. The van der Waals surface area contributed by atoms with Crippen LogP contribution in [0.15, 0.2) is 18.2 Å². The van der Waals surface area contributed by atoms with Crippen molar-refractivity contribution in [3.63, 3.8) is 0 Å². The number of rotatable bonds is 4. The second-order valence-corrected chi connectivity index (χ2v) is 4.91. The molecule has 5 heteroatoms. The fraction of sp³-hybridized carbons (Fsp3) is 0.500. The molecule has 1 saturated heterocycles. The van der Waals surface area contributed by atoms with E-state index in [1.54, 1.807) is 12.1 Å². The third-order valence-corrected chi connectivity index (χ3v) is 3.51. The highest BCUT2D eigenvalue weighted by molar-refractivity contribution is 5.95. The van der Waals surface area contributed by atoms with Gasteiger partial charge >= 0.3 is 0 Å². The van der Waals surface area contributed by atoms with Gasteiger partial charge in [0.1, 0.15) is 11.7 Å². The fourth-order valence-corrected chi connectivity index (χ4v) is 2.46. The molecule has 1 aromatic carbocycles. The van der Waals surface area contributed by atoms with Crippen molar-refractivity contribution in [3.05, 3.63) is 29.6 Å². The van der Waals surface area contributed by atoms with Crippen LogP contribution in [0, 0.1) is 11.2 Å². The van der Waals surface area contributed by atoms with Crippen molar-refractivity contribution >= 4 is 11.5 Å². The van der Waals surface area contributed by atoms with Gasteiger partial charge in [0.05, 0.1) is 5.69 Å². The van der Waals surface area contributed by atoms with Crippen LogP contribution in [0.2, 0.25) is 0 Å². The number of anilines is 1. The summed E-state index contributed by atoms with van der Waals surface area (Å²) in [6.45, 7) is 6.92. The molecule has 0 atom stereocenters. The van der Waals surface area contributed by atoms with Gasteiger partial charge in [-0.25, -0.2) is 4.39 Å². The van der Waals surface area contributed by atoms with Crippen LogP contribution in [-0.4, -0.2) is 43.5 Å². The van der Waals surface area contributed by atoms with E-state index in [1.165, 1.54) is 6.07 Å². The zero-order chi connectivity index (χ0) is 13.8. The van der Waals surface area contributed by atoms with Gasteiger partial charge in [0, 0.05) is 31.7 Å². The van der Waals surface area contributed by atoms with E-state index in [4.69, 9.17) is 11.1 Å². The Labute approximate surface area is 113 Å². The molecule has 0 aromatic heterocycles. The standard InChI is InChI=1S/C14H21FN4/c1-2-5-18-6-8-19(9-7-18)13-4-3-11(14(16)17)10-12(13)15/h3-4,10H,2,5-9H2,1H3,(H3,16,17). The molecule has 0 radical (unpaired) electrons. The quantitative estimate of drug-likeness (QED) is 0.642. The van der Waals surface area contributed by atoms with E-state index < -0.39 is 0 Å². The number of nitrogen functional groups attached to an aromatic ring is 1. The average Bonchev–Trinajstić information content (AvgIpc) is 2.40. The van der Waals surface area contributed by atoms with Crippen LogP contribution in [-0.2, 0) is 0 Å². The van der Waals surface area contributed by atoms with Gasteiger partial charge in [0.2, 0.25) is 0 Å². The van der Waals surface area contributed by atoms with Gasteiger partial charge in [-0.1, -0.05) is 6.92 Å². The van der Waals surface area contributed by atoms with Crippen molar-refractivity contribution in [1.29, 1.82) is 5.41 Å². The fourth-order valence-electron chi connectivity index (χ4n) is 2.46. The third kappa shape index (κ3) is 3.23. The lowest BCUT2D eigenvalue weighted by molar-refractivity contribution is 0.258. The van der Waals surface area contributed by atoms with E-state index in [2.05, 4.69) is 16.7 Å². The lowest BCUT2D eigenvalue weighted by atomic mass is 10.1. The van der Waals surface area contributed by atoms with Crippen molar-refractivity contribution in [2.45, 2.75) is 13.3 Å². The Bertz CT molecular complexity index is 453. The molecule has 0 amide bonds. The van der Waals surface area contributed by atoms with E-state index in [0.29, 0.717) is 11.3 Å². The zero-order valence-corrected chi connectivity index (χ0v) is 11.3. The van der Waals surface area contributed by atoms with Gasteiger partial charge in [0.25, 0.3) is 0 Å². The molecule has 2 rings (SSSR count). The van der Waals surface area contributed by atoms with Crippen molar-refractivity contribution in [1.82, 2.24) is 4.90 Å². The molecule has 0 unspecified atom stereocenters. The maximum absolute atomic E-state index is 14.0. The summed E-state index contributed by atoms with van der Waals surface area (Å²) in [6.07, 6.45) is 1.15. The van der Waals surface area contributed by atoms with Crippen molar-refractivity contribution in [2.24, 2.45) is 5.73 Å². The molecule has 3 N–H and O–H groups in total. The molecular formula is C14H21FN4. The van der Waals surface area contributed by atoms with E-state index in [1.807, 2.05) is 0 Å². The first-order chi connectivity index (χ1) is 9.11. The molecule has 104 valence electrons. The summed E-state index contributed by atoms with van der Waals surface area (Å²) in [7, 11) is 0. The average molecular weight is 264 g/mol. The van der Waals surface area contributed by atoms with Crippen molar-refractivity contribution in [2.75, 3.05) is 37.6 Å². The first-order valence-electron chi connectivity index (χ1n) is 6.73. The molecule has 1 aliphatic heterocycles. The van der Waals surface area contributed by atoms with Crippen molar-refractivity contribution < 1.29 is 4.39 Å². The topological polar surface area (TPSA) is 56.4 Å². The number of nitrogens with two attached hydrogens (primary N) is 1. The Kier molecular flexibility index (Phi) is 4.37. The highest BCUT2D eigenvalue weighted by Crippen LogP contribution is 2.21. The number of hydrogen-bond donors (Lipinski definition) is 2. The molecule has 1 aromatic rings. The summed E-state index contributed by atoms with van der Waals surface area (Å²) in [5.74, 6) is -0.394. The molecule has 1 aliphatic rings. The van der Waals surface area contributed by atoms with E-state index in [-0.39, 0.29) is 11.7 Å². The van der Waals surface area contributed by atoms with E-state index in [0.717, 1.165) is 39.1 Å². The monoisotopic (exact) mass is 264 g/mol. The molecule has 0 saturated carbocycles. The molecule has 0 bridgehead atoms. The number of nitrogens with zero attached hydrogens (tertiary/aromatic N) is 2. The number of piperazine rings is 1. The molecule has 19 heavy (non-hydrogen) atoms. The minimum atomic E-state index is -0.295. The van der Waals surface area contributed by atoms with Gasteiger partial charge in [-0.05, 0) is 31.2 Å². The molecule has 4 nitrogen and oxygen atoms in total. The first-order valence-corrected chi connectivity index (χ1v) is 6.73. The molecule has 0 spiro atoms. The van der Waals surface area contributed by atoms with Gasteiger partial charge < -0.3 is 10.6 Å². The zero-order valence-electron chi connectivity index (χ0n) is 11.3. The van der Waals surface area contributed by atoms with Gasteiger partial charge in [-0.3, -0.25) is 10.3 Å². The molecule has 0 aliphatic carbocycles. The molecule has 1 heterocycles. The second-order valence-electron chi connectivity index (χ2n) is 4.91. The highest BCUT2D eigenvalue weighted by atomic mass is 19.1. The Balaban J connectivity index is 2.05. The van der Waals surface area contributed by atoms with Crippen LogP contribution >= 0.6 is 0 Å². The number of benzene rings is 1. The van der Waals surface area contributed by atoms with E-state index in [9.17, 15) is 4.39 Å². The number of halogens is 1. The minimum Gasteiger partial charge on any atom is -0.384 e. The van der Waals surface area contributed by atoms with Gasteiger partial charge in [0.15, 0.2) is 0 Å². The summed E-state index contributed by atoms with van der Waals surface area (Å²) in [6, 6.07) is 4.77. The smallest absolute Gasteiger partial charge is 0.147 e.